The van der Waals surface area contributed by atoms with Crippen LogP contribution < -0.4 is 20.7 Å². The Hall–Kier alpha value is -8.29. The molecule has 0 amide bonds. The van der Waals surface area contributed by atoms with Crippen LogP contribution in [0.25, 0.3) is 96.4 Å². The van der Waals surface area contributed by atoms with Crippen LogP contribution in [0.2, 0.25) is 15.7 Å². The van der Waals surface area contributed by atoms with Crippen LogP contribution in [0.3, 0.4) is 0 Å². The zero-order valence-corrected chi connectivity index (χ0v) is 95.3. The summed E-state index contributed by atoms with van der Waals surface area (Å²) < 4.78 is 106. The predicted molar refractivity (Wildman–Crippen MR) is 605 cm³/mol. The number of anilines is 2. The summed E-state index contributed by atoms with van der Waals surface area (Å²) in [4.78, 5) is 56.2. The average Bonchev–Trinajstić information content (AvgIpc) is 1.68. The van der Waals surface area contributed by atoms with E-state index in [0.29, 0.717) is 50.8 Å². The van der Waals surface area contributed by atoms with Gasteiger partial charge in [-0.1, -0.05) is 86.1 Å². The van der Waals surface area contributed by atoms with Crippen LogP contribution in [0.5, 0.6) is 0 Å². The van der Waals surface area contributed by atoms with E-state index in [4.69, 9.17) is 96.9 Å². The van der Waals surface area contributed by atoms with Crippen molar-refractivity contribution in [2.24, 2.45) is 15.0 Å². The molecule has 147 heavy (non-hydrogen) atoms. The highest BCUT2D eigenvalue weighted by atomic mass is 79.9. The Morgan fingerprint density at radius 2 is 0.898 bits per heavy atom. The van der Waals surface area contributed by atoms with E-state index in [1.54, 1.807) is 38.3 Å². The quantitative estimate of drug-likeness (QED) is 0.0525. The number of hydrogen-bond donors (Lipinski definition) is 2. The molecule has 774 valence electrons. The summed E-state index contributed by atoms with van der Waals surface area (Å²) in [7, 11) is -7.46. The zero-order chi connectivity index (χ0) is 104. The molecule has 7 saturated heterocycles. The molecule has 10 aliphatic heterocycles. The van der Waals surface area contributed by atoms with E-state index in [2.05, 4.69) is 258 Å². The molecule has 10 aliphatic rings. The van der Waals surface area contributed by atoms with Crippen LogP contribution in [-0.4, -0.2) is 257 Å². The summed E-state index contributed by atoms with van der Waals surface area (Å²) in [5, 5.41) is 22.7. The maximum atomic E-state index is 11.9. The number of ether oxygens (including phenoxy) is 4. The fraction of sp³-hybridized carbons (Fsp3) is 0.416. The van der Waals surface area contributed by atoms with Crippen LogP contribution in [-0.2, 0) is 83.9 Å². The van der Waals surface area contributed by atoms with Gasteiger partial charge in [0.25, 0.3) is 10.1 Å². The molecule has 32 nitrogen and oxygen atoms in total. The van der Waals surface area contributed by atoms with Crippen molar-refractivity contribution < 1.29 is 59.0 Å². The summed E-state index contributed by atoms with van der Waals surface area (Å²) in [5.41, 5.74) is 21.0. The Labute approximate surface area is 911 Å². The number of aromatic amines is 1. The predicted octanol–water partition coefficient (Wildman–Crippen LogP) is 21.2. The molecule has 0 aliphatic carbocycles. The SMILES string of the molecule is Brc1csc2c(-c3ccc4c(c3)C=NC4)nc(N3CCOCC3)nc12.C1CCOCC1.CC.CC1(C)OB(c2ccc3[nH]ncc3c2)OC1(C)C.CC1(C)OB(c2ccc3c(cnn3C3CCCCO3)c2)OC1(C)C.CS(=O)(=O)N1CCN(Cc2csc3c(-c4ccc5c(c4)C=NC5)nc(N4CCOCC4)nc23)CC1.CS(=O)(=O)O.Clc1nc(-c2ccc3c(c2)C=NC3)c2scc(Br)c2n1.Clc1nc(Cl)c2scc(Br)c2n1. The van der Waals surface area contributed by atoms with E-state index in [1.165, 1.54) is 71.1 Å². The first kappa shape index (κ1) is 110. The molecule has 5 aromatic carbocycles. The number of piperazine rings is 1. The number of nitrogens with one attached hydrogen (secondary N) is 1. The normalized spacial score (nSPS) is 18.5. The molecule has 2 N–H and O–H groups in total. The van der Waals surface area contributed by atoms with E-state index in [0.717, 1.165) is 242 Å². The number of H-pyrrole nitrogens is 1. The van der Waals surface area contributed by atoms with Gasteiger partial charge in [-0.05, 0) is 245 Å². The van der Waals surface area contributed by atoms with E-state index >= 15 is 0 Å². The smallest absolute Gasteiger partial charge is 0.399 e. The second-order valence-electron chi connectivity index (χ2n) is 37.9. The molecule has 20 heterocycles. The molecule has 7 fully saturated rings. The molecule has 0 saturated carbocycles. The van der Waals surface area contributed by atoms with Gasteiger partial charge in [-0.15, -0.1) is 45.3 Å². The third-order valence-electron chi connectivity index (χ3n) is 26.6. The molecule has 10 aromatic heterocycles. The minimum absolute atomic E-state index is 0.0546. The number of aromatic nitrogens is 12. The lowest BCUT2D eigenvalue weighted by molar-refractivity contribution is -0.0366. The summed E-state index contributed by atoms with van der Waals surface area (Å²) >= 11 is 34.4. The van der Waals surface area contributed by atoms with Gasteiger partial charge in [0.05, 0.1) is 159 Å². The second kappa shape index (κ2) is 47.9. The van der Waals surface area contributed by atoms with Crippen molar-refractivity contribution in [3.8, 4) is 33.8 Å². The highest BCUT2D eigenvalue weighted by Gasteiger charge is 2.53. The average molecular weight is 2360 g/mol. The van der Waals surface area contributed by atoms with Gasteiger partial charge in [-0.3, -0.25) is 29.5 Å². The lowest BCUT2D eigenvalue weighted by Crippen LogP contribution is -2.47. The van der Waals surface area contributed by atoms with Crippen molar-refractivity contribution >= 4 is 266 Å². The standard InChI is InChI=1S/C24H28N6O3S2.C18H25BN2O3.C18H15BrN4OS.C14H7BrClN3S.C13H17BN2O2.C6HBrCl2N2S.C5H10O.C2H6.CH4O3S/c1-35(31,32)30-6-4-28(5-7-30)15-20-16-34-23-21(17-2-3-18-13-25-14-19(18)12-17)26-24(27-22(20)23)29-8-10-33-11-9-29;1-17(2)18(3,4)24-19(23-17)14-8-9-15-13(11-14)12-20-21(15)16-7-5-6-10-22-16;19-14-10-25-17-15(11-1-2-12-8-20-9-13(12)7-11)21-18(22-16(14)17)23-3-5-24-6-4-23;15-10-6-20-13-11(18-14(16)19-12(10)13)7-1-2-8-4-17-5-9(8)3-7;1-12(2)13(3,4)18-14(17-12)10-5-6-11-9(7-10)8-15-16-11;7-2-1-12-4-3(2)10-6(9)11-5(4)8;1-2-4-6-5-3-1;1-2;1-5(2,3)4/h2-3,12,14,16H,4-11,13,15H2,1H3;8-9,11-12,16H,5-7,10H2,1-4H3;1-2,7,9-10H,3-6,8H2;1-3,5-6H,4H2;5-8H,1-4H3,(H,15,16);1H;1-5H2;1-2H3;1H3,(H,2,3,4). The first-order valence-corrected chi connectivity index (χ1v) is 59.2. The van der Waals surface area contributed by atoms with Crippen LogP contribution in [0.4, 0.5) is 11.9 Å². The van der Waals surface area contributed by atoms with E-state index < -0.39 is 20.1 Å². The van der Waals surface area contributed by atoms with Gasteiger partial charge in [0, 0.05) is 147 Å². The fourth-order valence-corrected chi connectivity index (χ4v) is 24.5. The van der Waals surface area contributed by atoms with Crippen molar-refractivity contribution in [3.63, 3.8) is 0 Å². The van der Waals surface area contributed by atoms with Gasteiger partial charge in [-0.25, -0.2) is 53.0 Å². The molecule has 46 heteroatoms. The number of hydrogen-bond acceptors (Lipinski definition) is 32. The number of thiophene rings is 4. The molecule has 1 atom stereocenters. The topological polar surface area (TPSA) is 362 Å². The maximum Gasteiger partial charge on any atom is 0.494 e. The number of benzene rings is 5. The highest BCUT2D eigenvalue weighted by Crippen LogP contribution is 2.44. The minimum Gasteiger partial charge on any atom is -0.399 e. The molecule has 25 rings (SSSR count). The second-order valence-corrected chi connectivity index (χ2v) is 48.5. The number of sulfonamides is 1. The largest absolute Gasteiger partial charge is 0.494 e. The number of nitrogens with zero attached hydrogens (tertiary/aromatic N) is 18. The number of halogens is 6. The molecule has 15 aromatic rings. The van der Waals surface area contributed by atoms with E-state index in [9.17, 15) is 16.8 Å². The van der Waals surface area contributed by atoms with Crippen molar-refractivity contribution in [3.05, 3.63) is 193 Å². The Morgan fingerprint density at radius 3 is 1.37 bits per heavy atom. The lowest BCUT2D eigenvalue weighted by atomic mass is 9.79. The summed E-state index contributed by atoms with van der Waals surface area (Å²) in [6, 6.07) is 31.6. The number of rotatable bonds is 11. The Kier molecular flexibility index (Phi) is 35.8. The number of aliphatic imine (C=N–C) groups is 3. The fourth-order valence-electron chi connectivity index (χ4n) is 17.4. The molecular formula is C101H113B2Br3Cl3N19O13S6. The molecule has 0 bridgehead atoms. The first-order valence-electron chi connectivity index (χ1n) is 48.5. The van der Waals surface area contributed by atoms with Crippen molar-refractivity contribution in [1.29, 1.82) is 0 Å². The van der Waals surface area contributed by atoms with Gasteiger partial charge in [-0.2, -0.15) is 22.9 Å². The van der Waals surface area contributed by atoms with Crippen LogP contribution in [0, 0.1) is 0 Å². The summed E-state index contributed by atoms with van der Waals surface area (Å²) in [6.07, 6.45) is 18.9. The van der Waals surface area contributed by atoms with Crippen molar-refractivity contribution in [2.75, 3.05) is 121 Å². The molecular weight excluding hydrogens is 2250 g/mol. The van der Waals surface area contributed by atoms with E-state index in [1.807, 2.05) is 72.5 Å². The zero-order valence-electron chi connectivity index (χ0n) is 83.4. The van der Waals surface area contributed by atoms with Crippen LogP contribution in [0.15, 0.2) is 153 Å². The Balaban J connectivity index is 0.000000120. The summed E-state index contributed by atoms with van der Waals surface area (Å²) in [6.45, 7) is 34.8. The Morgan fingerprint density at radius 1 is 0.469 bits per heavy atom. The van der Waals surface area contributed by atoms with E-state index in [-0.39, 0.29) is 53.4 Å². The van der Waals surface area contributed by atoms with Gasteiger partial charge < -0.3 is 47.4 Å². The van der Waals surface area contributed by atoms with Crippen molar-refractivity contribution in [2.45, 2.75) is 163 Å². The lowest BCUT2D eigenvalue weighted by Gasteiger charge is -2.33. The molecule has 0 radical (unpaired) electrons. The third kappa shape index (κ3) is 26.4. The maximum absolute atomic E-state index is 11.9. The van der Waals surface area contributed by atoms with Crippen molar-refractivity contribution in [1.82, 2.24) is 69.1 Å². The van der Waals surface area contributed by atoms with Gasteiger partial charge in [0.15, 0.2) is 11.4 Å². The van der Waals surface area contributed by atoms with Gasteiger partial charge in [0.2, 0.25) is 32.5 Å². The Bertz CT molecular complexity index is 7550. The minimum atomic E-state index is -3.67. The number of morpholine rings is 2. The molecule has 0 spiro atoms. The van der Waals surface area contributed by atoms with Crippen LogP contribution >= 0.6 is 128 Å². The third-order valence-corrected chi connectivity index (χ3v) is 35.3. The van der Waals surface area contributed by atoms with Gasteiger partial charge >= 0.3 is 14.2 Å². The first-order chi connectivity index (χ1) is 70.4. The monoisotopic (exact) mass is 2360 g/mol. The number of fused-ring (bicyclic) bond motifs is 9. The summed E-state index contributed by atoms with van der Waals surface area (Å²) in [5.74, 6) is 1.52. The highest BCUT2D eigenvalue weighted by molar-refractivity contribution is 9.11. The van der Waals surface area contributed by atoms with Crippen LogP contribution in [0.1, 0.15) is 153 Å². The molecule has 1 unspecified atom stereocenters. The van der Waals surface area contributed by atoms with Gasteiger partial charge in [0.1, 0.15) is 16.6 Å².